The van der Waals surface area contributed by atoms with Gasteiger partial charge in [-0.05, 0) is 24.1 Å². The number of aromatic nitrogens is 1. The third-order valence-electron chi connectivity index (χ3n) is 2.74. The van der Waals surface area contributed by atoms with Gasteiger partial charge in [0.2, 0.25) is 5.91 Å². The van der Waals surface area contributed by atoms with E-state index in [2.05, 4.69) is 16.4 Å². The SMILES string of the molecule is CCC(=O)Nc1ncc(Cc2ccc(C)c(Cl)c2)s1. The van der Waals surface area contributed by atoms with Crippen LogP contribution in [0.3, 0.4) is 0 Å². The van der Waals surface area contributed by atoms with E-state index in [0.717, 1.165) is 27.4 Å². The van der Waals surface area contributed by atoms with Crippen molar-refractivity contribution in [3.8, 4) is 0 Å². The van der Waals surface area contributed by atoms with Crippen LogP contribution >= 0.6 is 22.9 Å². The van der Waals surface area contributed by atoms with Gasteiger partial charge in [0, 0.05) is 28.9 Å². The molecule has 2 rings (SSSR count). The maximum Gasteiger partial charge on any atom is 0.225 e. The molecule has 1 aromatic heterocycles. The van der Waals surface area contributed by atoms with Crippen LogP contribution < -0.4 is 5.32 Å². The Bertz CT molecular complexity index is 595. The van der Waals surface area contributed by atoms with Gasteiger partial charge in [0.05, 0.1) is 0 Å². The van der Waals surface area contributed by atoms with Crippen LogP contribution in [0.15, 0.2) is 24.4 Å². The molecule has 1 heterocycles. The average molecular weight is 295 g/mol. The predicted molar refractivity (Wildman–Crippen MR) is 80.0 cm³/mol. The standard InChI is InChI=1S/C14H15ClN2OS/c1-3-13(18)17-14-16-8-11(19-14)6-10-5-4-9(2)12(15)7-10/h4-5,7-8H,3,6H2,1-2H3,(H,16,17,18). The molecule has 5 heteroatoms. The summed E-state index contributed by atoms with van der Waals surface area (Å²) >= 11 is 7.60. The number of amides is 1. The molecule has 0 atom stereocenters. The fraction of sp³-hybridized carbons (Fsp3) is 0.286. The summed E-state index contributed by atoms with van der Waals surface area (Å²) in [6.45, 7) is 3.80. The van der Waals surface area contributed by atoms with Crippen molar-refractivity contribution in [2.75, 3.05) is 5.32 Å². The molecular weight excluding hydrogens is 280 g/mol. The summed E-state index contributed by atoms with van der Waals surface area (Å²) in [7, 11) is 0. The van der Waals surface area contributed by atoms with Gasteiger partial charge in [-0.25, -0.2) is 4.98 Å². The molecule has 1 N–H and O–H groups in total. The van der Waals surface area contributed by atoms with Crippen molar-refractivity contribution >= 4 is 34.0 Å². The molecule has 100 valence electrons. The summed E-state index contributed by atoms with van der Waals surface area (Å²) in [5.41, 5.74) is 2.22. The Morgan fingerprint density at radius 3 is 2.95 bits per heavy atom. The van der Waals surface area contributed by atoms with Gasteiger partial charge >= 0.3 is 0 Å². The molecule has 0 saturated heterocycles. The second-order valence-corrected chi connectivity index (χ2v) is 5.82. The zero-order valence-corrected chi connectivity index (χ0v) is 12.4. The molecule has 0 bridgehead atoms. The summed E-state index contributed by atoms with van der Waals surface area (Å²) in [6.07, 6.45) is 3.03. The first-order chi connectivity index (χ1) is 9.08. The number of anilines is 1. The number of hydrogen-bond donors (Lipinski definition) is 1. The highest BCUT2D eigenvalue weighted by molar-refractivity contribution is 7.15. The lowest BCUT2D eigenvalue weighted by molar-refractivity contribution is -0.115. The number of hydrogen-bond acceptors (Lipinski definition) is 3. The van der Waals surface area contributed by atoms with Gasteiger partial charge in [-0.15, -0.1) is 11.3 Å². The van der Waals surface area contributed by atoms with E-state index >= 15 is 0 Å². The van der Waals surface area contributed by atoms with E-state index in [0.29, 0.717) is 11.6 Å². The lowest BCUT2D eigenvalue weighted by Crippen LogP contribution is -2.08. The Morgan fingerprint density at radius 2 is 2.26 bits per heavy atom. The Kier molecular flexibility index (Phi) is 4.56. The zero-order chi connectivity index (χ0) is 13.8. The number of carbonyl (C=O) groups is 1. The highest BCUT2D eigenvalue weighted by Crippen LogP contribution is 2.23. The minimum absolute atomic E-state index is 0.0146. The molecule has 0 unspecified atom stereocenters. The summed E-state index contributed by atoms with van der Waals surface area (Å²) < 4.78 is 0. The van der Waals surface area contributed by atoms with E-state index < -0.39 is 0 Å². The first-order valence-corrected chi connectivity index (χ1v) is 7.27. The van der Waals surface area contributed by atoms with Crippen LogP contribution in [0, 0.1) is 6.92 Å². The molecule has 0 spiro atoms. The fourth-order valence-electron chi connectivity index (χ4n) is 1.60. The summed E-state index contributed by atoms with van der Waals surface area (Å²) in [5.74, 6) is -0.0146. The van der Waals surface area contributed by atoms with Crippen molar-refractivity contribution in [1.82, 2.24) is 4.98 Å². The quantitative estimate of drug-likeness (QED) is 0.924. The van der Waals surface area contributed by atoms with E-state index in [1.807, 2.05) is 26.0 Å². The van der Waals surface area contributed by atoms with Crippen molar-refractivity contribution in [1.29, 1.82) is 0 Å². The Morgan fingerprint density at radius 1 is 1.47 bits per heavy atom. The second-order valence-electron chi connectivity index (χ2n) is 4.29. The molecule has 19 heavy (non-hydrogen) atoms. The smallest absolute Gasteiger partial charge is 0.225 e. The molecule has 0 saturated carbocycles. The number of carbonyl (C=O) groups excluding carboxylic acids is 1. The van der Waals surface area contributed by atoms with Crippen LogP contribution in [0.5, 0.6) is 0 Å². The molecule has 1 aromatic carbocycles. The average Bonchev–Trinajstić information content (AvgIpc) is 2.81. The number of nitrogens with zero attached hydrogens (tertiary/aromatic N) is 1. The Balaban J connectivity index is 2.07. The monoisotopic (exact) mass is 294 g/mol. The molecule has 0 fully saturated rings. The first kappa shape index (κ1) is 14.0. The Labute approximate surface area is 121 Å². The van der Waals surface area contributed by atoms with Crippen LogP contribution in [0.1, 0.15) is 29.3 Å². The van der Waals surface area contributed by atoms with Crippen molar-refractivity contribution in [2.24, 2.45) is 0 Å². The van der Waals surface area contributed by atoms with E-state index in [-0.39, 0.29) is 5.91 Å². The van der Waals surface area contributed by atoms with E-state index in [1.54, 1.807) is 6.20 Å². The molecule has 0 aliphatic rings. The van der Waals surface area contributed by atoms with Crippen LogP contribution in [0.4, 0.5) is 5.13 Å². The maximum absolute atomic E-state index is 11.3. The van der Waals surface area contributed by atoms with E-state index in [9.17, 15) is 4.79 Å². The normalized spacial score (nSPS) is 10.5. The number of rotatable bonds is 4. The van der Waals surface area contributed by atoms with E-state index in [4.69, 9.17) is 11.6 Å². The third-order valence-corrected chi connectivity index (χ3v) is 4.06. The lowest BCUT2D eigenvalue weighted by Gasteiger charge is -2.02. The summed E-state index contributed by atoms with van der Waals surface area (Å²) in [4.78, 5) is 16.6. The summed E-state index contributed by atoms with van der Waals surface area (Å²) in [6, 6.07) is 6.05. The zero-order valence-electron chi connectivity index (χ0n) is 10.9. The fourth-order valence-corrected chi connectivity index (χ4v) is 2.67. The summed E-state index contributed by atoms with van der Waals surface area (Å²) in [5, 5.41) is 4.19. The van der Waals surface area contributed by atoms with Gasteiger partial charge < -0.3 is 5.32 Å². The number of nitrogens with one attached hydrogen (secondary N) is 1. The largest absolute Gasteiger partial charge is 0.302 e. The van der Waals surface area contributed by atoms with Gasteiger partial charge in [-0.1, -0.05) is 30.7 Å². The van der Waals surface area contributed by atoms with Crippen molar-refractivity contribution < 1.29 is 4.79 Å². The van der Waals surface area contributed by atoms with Gasteiger partial charge in [-0.3, -0.25) is 4.79 Å². The van der Waals surface area contributed by atoms with Crippen LogP contribution in [-0.4, -0.2) is 10.9 Å². The van der Waals surface area contributed by atoms with Crippen molar-refractivity contribution in [2.45, 2.75) is 26.7 Å². The lowest BCUT2D eigenvalue weighted by atomic mass is 10.1. The van der Waals surface area contributed by atoms with Crippen LogP contribution in [0.2, 0.25) is 5.02 Å². The highest BCUT2D eigenvalue weighted by atomic mass is 35.5. The van der Waals surface area contributed by atoms with Crippen molar-refractivity contribution in [3.63, 3.8) is 0 Å². The molecule has 0 radical (unpaired) electrons. The number of thiazole rings is 1. The van der Waals surface area contributed by atoms with Crippen molar-refractivity contribution in [3.05, 3.63) is 45.4 Å². The Hall–Kier alpha value is -1.39. The third kappa shape index (κ3) is 3.78. The van der Waals surface area contributed by atoms with Gasteiger partial charge in [0.15, 0.2) is 5.13 Å². The predicted octanol–water partition coefficient (Wildman–Crippen LogP) is 4.04. The molecule has 0 aliphatic carbocycles. The number of aryl methyl sites for hydroxylation is 1. The molecule has 3 nitrogen and oxygen atoms in total. The first-order valence-electron chi connectivity index (χ1n) is 6.08. The second kappa shape index (κ2) is 6.17. The topological polar surface area (TPSA) is 42.0 Å². The molecule has 1 amide bonds. The van der Waals surface area contributed by atoms with E-state index in [1.165, 1.54) is 11.3 Å². The number of benzene rings is 1. The number of halogens is 1. The maximum atomic E-state index is 11.3. The molecule has 0 aliphatic heterocycles. The highest BCUT2D eigenvalue weighted by Gasteiger charge is 2.06. The minimum Gasteiger partial charge on any atom is -0.302 e. The van der Waals surface area contributed by atoms with Crippen LogP contribution in [-0.2, 0) is 11.2 Å². The molecule has 2 aromatic rings. The van der Waals surface area contributed by atoms with Crippen LogP contribution in [0.25, 0.3) is 0 Å². The van der Waals surface area contributed by atoms with Gasteiger partial charge in [-0.2, -0.15) is 0 Å². The van der Waals surface area contributed by atoms with Gasteiger partial charge in [0.1, 0.15) is 0 Å². The minimum atomic E-state index is -0.0146. The molecular formula is C14H15ClN2OS. The van der Waals surface area contributed by atoms with Gasteiger partial charge in [0.25, 0.3) is 0 Å².